The van der Waals surface area contributed by atoms with E-state index < -0.39 is 0 Å². The third-order valence-electron chi connectivity index (χ3n) is 6.24. The van der Waals surface area contributed by atoms with Crippen molar-refractivity contribution in [3.63, 3.8) is 0 Å². The van der Waals surface area contributed by atoms with Gasteiger partial charge in [-0.1, -0.05) is 54.1 Å². The molecule has 0 aliphatic carbocycles. The summed E-state index contributed by atoms with van der Waals surface area (Å²) < 4.78 is 6.08. The van der Waals surface area contributed by atoms with Crippen molar-refractivity contribution in [1.29, 1.82) is 0 Å². The molecule has 5 rings (SSSR count). The molecule has 5 heteroatoms. The molecule has 2 amide bonds. The molecule has 1 atom stereocenters. The molecule has 4 aromatic rings. The van der Waals surface area contributed by atoms with Crippen LogP contribution < -0.4 is 15.0 Å². The molecule has 1 fully saturated rings. The highest BCUT2D eigenvalue weighted by molar-refractivity contribution is 6.03. The maximum absolute atomic E-state index is 12.9. The number of carbonyl (C=O) groups excluding carboxylic acids is 2. The summed E-state index contributed by atoms with van der Waals surface area (Å²) >= 11 is 0. The molecule has 0 bridgehead atoms. The van der Waals surface area contributed by atoms with Gasteiger partial charge in [-0.15, -0.1) is 0 Å². The van der Waals surface area contributed by atoms with E-state index in [-0.39, 0.29) is 24.2 Å². The second kappa shape index (κ2) is 9.02. The number of nitrogens with one attached hydrogen (secondary N) is 1. The number of benzene rings is 4. The van der Waals surface area contributed by atoms with Crippen molar-refractivity contribution in [2.24, 2.45) is 5.92 Å². The van der Waals surface area contributed by atoms with Gasteiger partial charge in [-0.05, 0) is 61.2 Å². The lowest BCUT2D eigenvalue weighted by atomic mass is 10.1. The number of carbonyl (C=O) groups is 2. The molecule has 170 valence electrons. The lowest BCUT2D eigenvalue weighted by Gasteiger charge is -2.19. The quantitative estimate of drug-likeness (QED) is 0.391. The molecule has 0 aromatic heterocycles. The lowest BCUT2D eigenvalue weighted by Crippen LogP contribution is -2.28. The van der Waals surface area contributed by atoms with Gasteiger partial charge in [0.2, 0.25) is 11.8 Å². The molecule has 1 N–H and O–H groups in total. The number of anilines is 2. The molecule has 1 aliphatic rings. The van der Waals surface area contributed by atoms with Gasteiger partial charge in [0.15, 0.2) is 0 Å². The van der Waals surface area contributed by atoms with Crippen molar-refractivity contribution in [2.45, 2.75) is 20.3 Å². The van der Waals surface area contributed by atoms with Gasteiger partial charge in [0.25, 0.3) is 0 Å². The summed E-state index contributed by atoms with van der Waals surface area (Å²) in [6, 6.07) is 27.3. The summed E-state index contributed by atoms with van der Waals surface area (Å²) in [7, 11) is 0. The second-order valence-electron chi connectivity index (χ2n) is 8.79. The largest absolute Gasteiger partial charge is 0.457 e. The van der Waals surface area contributed by atoms with Gasteiger partial charge in [-0.25, -0.2) is 0 Å². The number of hydrogen-bond acceptors (Lipinski definition) is 3. The molecule has 1 aliphatic heterocycles. The monoisotopic (exact) mass is 450 g/mol. The van der Waals surface area contributed by atoms with Crippen LogP contribution in [0.4, 0.5) is 11.4 Å². The number of hydrogen-bond donors (Lipinski definition) is 1. The fraction of sp³-hybridized carbons (Fsp3) is 0.172. The lowest BCUT2D eigenvalue weighted by molar-refractivity contribution is -0.122. The van der Waals surface area contributed by atoms with Gasteiger partial charge in [-0.3, -0.25) is 9.59 Å². The zero-order valence-electron chi connectivity index (χ0n) is 19.2. The van der Waals surface area contributed by atoms with E-state index in [1.54, 1.807) is 4.90 Å². The minimum Gasteiger partial charge on any atom is -0.457 e. The number of amides is 2. The normalized spacial score (nSPS) is 15.5. The van der Waals surface area contributed by atoms with E-state index in [2.05, 4.69) is 23.5 Å². The average Bonchev–Trinajstić information content (AvgIpc) is 3.22. The topological polar surface area (TPSA) is 58.6 Å². The minimum absolute atomic E-state index is 0.0223. The molecule has 5 nitrogen and oxygen atoms in total. The average molecular weight is 451 g/mol. The Hall–Kier alpha value is -4.12. The Kier molecular flexibility index (Phi) is 5.76. The van der Waals surface area contributed by atoms with Crippen LogP contribution in [-0.4, -0.2) is 18.4 Å². The molecular formula is C29H26N2O3. The van der Waals surface area contributed by atoms with Crippen molar-refractivity contribution in [3.05, 3.63) is 96.1 Å². The predicted octanol–water partition coefficient (Wildman–Crippen LogP) is 6.24. The Morgan fingerprint density at radius 1 is 0.941 bits per heavy atom. The first-order chi connectivity index (χ1) is 16.5. The first-order valence-corrected chi connectivity index (χ1v) is 11.4. The Labute approximate surface area is 199 Å². The Balaban J connectivity index is 1.24. The van der Waals surface area contributed by atoms with E-state index in [0.717, 1.165) is 33.3 Å². The summed E-state index contributed by atoms with van der Waals surface area (Å²) in [6.07, 6.45) is 0.210. The summed E-state index contributed by atoms with van der Waals surface area (Å²) in [5.41, 5.74) is 3.74. The number of rotatable bonds is 5. The van der Waals surface area contributed by atoms with Gasteiger partial charge in [0, 0.05) is 29.7 Å². The second-order valence-corrected chi connectivity index (χ2v) is 8.79. The van der Waals surface area contributed by atoms with Crippen LogP contribution in [0.5, 0.6) is 11.5 Å². The number of aryl methyl sites for hydroxylation is 2. The third kappa shape index (κ3) is 4.37. The van der Waals surface area contributed by atoms with E-state index in [1.807, 2.05) is 80.6 Å². The van der Waals surface area contributed by atoms with Gasteiger partial charge >= 0.3 is 0 Å². The molecular weight excluding hydrogens is 424 g/mol. The van der Waals surface area contributed by atoms with Crippen LogP contribution >= 0.6 is 0 Å². The SMILES string of the molecule is Cc1ccc(N2C[C@H](C(=O)Nc3ccc(Oc4cccc5ccccc45)cc3)CC2=O)c(C)c1. The van der Waals surface area contributed by atoms with Crippen LogP contribution in [0.2, 0.25) is 0 Å². The first kappa shape index (κ1) is 21.7. The minimum atomic E-state index is -0.389. The summed E-state index contributed by atoms with van der Waals surface area (Å²) in [5.74, 6) is 0.909. The summed E-state index contributed by atoms with van der Waals surface area (Å²) in [5, 5.41) is 5.11. The fourth-order valence-corrected chi connectivity index (χ4v) is 4.49. The van der Waals surface area contributed by atoms with Gasteiger partial charge in [-0.2, -0.15) is 0 Å². The van der Waals surface area contributed by atoms with E-state index >= 15 is 0 Å². The molecule has 1 saturated heterocycles. The highest BCUT2D eigenvalue weighted by Crippen LogP contribution is 2.31. The van der Waals surface area contributed by atoms with E-state index in [1.165, 1.54) is 0 Å². The summed E-state index contributed by atoms with van der Waals surface area (Å²) in [4.78, 5) is 27.2. The van der Waals surface area contributed by atoms with Crippen LogP contribution in [0.15, 0.2) is 84.9 Å². The zero-order chi connectivity index (χ0) is 23.7. The smallest absolute Gasteiger partial charge is 0.229 e. The zero-order valence-corrected chi connectivity index (χ0v) is 19.2. The Morgan fingerprint density at radius 3 is 2.50 bits per heavy atom. The van der Waals surface area contributed by atoms with Gasteiger partial charge in [0.05, 0.1) is 5.92 Å². The van der Waals surface area contributed by atoms with E-state index in [0.29, 0.717) is 18.0 Å². The van der Waals surface area contributed by atoms with Crippen molar-refractivity contribution in [3.8, 4) is 11.5 Å². The standard InChI is InChI=1S/C29H26N2O3/c1-19-10-15-26(20(2)16-19)31-18-22(17-28(31)32)29(33)30-23-11-13-24(14-12-23)34-27-9-5-7-21-6-3-4-8-25(21)27/h3-16,22H,17-18H2,1-2H3,(H,30,33)/t22-/m1/s1. The predicted molar refractivity (Wildman–Crippen MR) is 135 cm³/mol. The summed E-state index contributed by atoms with van der Waals surface area (Å²) in [6.45, 7) is 4.40. The van der Waals surface area contributed by atoms with Crippen molar-refractivity contribution < 1.29 is 14.3 Å². The van der Waals surface area contributed by atoms with Crippen LogP contribution in [0, 0.1) is 19.8 Å². The van der Waals surface area contributed by atoms with Crippen LogP contribution in [-0.2, 0) is 9.59 Å². The van der Waals surface area contributed by atoms with Crippen molar-refractivity contribution in [1.82, 2.24) is 0 Å². The number of nitrogens with zero attached hydrogens (tertiary/aromatic N) is 1. The highest BCUT2D eigenvalue weighted by Gasteiger charge is 2.35. The molecule has 0 saturated carbocycles. The first-order valence-electron chi connectivity index (χ1n) is 11.4. The molecule has 34 heavy (non-hydrogen) atoms. The van der Waals surface area contributed by atoms with Gasteiger partial charge in [0.1, 0.15) is 11.5 Å². The van der Waals surface area contributed by atoms with Crippen LogP contribution in [0.25, 0.3) is 10.8 Å². The van der Waals surface area contributed by atoms with E-state index in [4.69, 9.17) is 4.74 Å². The highest BCUT2D eigenvalue weighted by atomic mass is 16.5. The molecule has 1 heterocycles. The maximum Gasteiger partial charge on any atom is 0.229 e. The molecule has 0 radical (unpaired) electrons. The van der Waals surface area contributed by atoms with Gasteiger partial charge < -0.3 is 15.0 Å². The number of fused-ring (bicyclic) bond motifs is 1. The molecule has 0 spiro atoms. The van der Waals surface area contributed by atoms with E-state index in [9.17, 15) is 9.59 Å². The van der Waals surface area contributed by atoms with Crippen molar-refractivity contribution in [2.75, 3.05) is 16.8 Å². The maximum atomic E-state index is 12.9. The van der Waals surface area contributed by atoms with Crippen LogP contribution in [0.1, 0.15) is 17.5 Å². The third-order valence-corrected chi connectivity index (χ3v) is 6.24. The Morgan fingerprint density at radius 2 is 1.71 bits per heavy atom. The van der Waals surface area contributed by atoms with Crippen molar-refractivity contribution >= 4 is 34.0 Å². The number of ether oxygens (including phenoxy) is 1. The van der Waals surface area contributed by atoms with Crippen LogP contribution in [0.3, 0.4) is 0 Å². The molecule has 0 unspecified atom stereocenters. The molecule has 4 aromatic carbocycles. The fourth-order valence-electron chi connectivity index (χ4n) is 4.49. The Bertz CT molecular complexity index is 1370.